The Hall–Kier alpha value is -1.51. The number of esters is 1. The average Bonchev–Trinajstić information content (AvgIpc) is 2.30. The molecule has 0 atom stereocenters. The number of hydrogen-bond acceptors (Lipinski definition) is 3. The fourth-order valence-corrected chi connectivity index (χ4v) is 1.80. The molecule has 3 heteroatoms. The first kappa shape index (κ1) is 13.6. The van der Waals surface area contributed by atoms with E-state index in [9.17, 15) is 4.79 Å². The van der Waals surface area contributed by atoms with E-state index >= 15 is 0 Å². The second-order valence-corrected chi connectivity index (χ2v) is 4.45. The van der Waals surface area contributed by atoms with Crippen LogP contribution in [0, 0.1) is 6.92 Å². The highest BCUT2D eigenvalue weighted by atomic mass is 16.5. The SMILES string of the molecule is COC(=O)CCNc1c(C)cccc1C(C)C. The zero-order chi connectivity index (χ0) is 12.8. The van der Waals surface area contributed by atoms with Gasteiger partial charge < -0.3 is 10.1 Å². The van der Waals surface area contributed by atoms with Crippen LogP contribution in [0.15, 0.2) is 18.2 Å². The normalized spacial score (nSPS) is 10.4. The molecule has 94 valence electrons. The maximum atomic E-state index is 11.0. The van der Waals surface area contributed by atoms with Crippen LogP contribution in [0.1, 0.15) is 37.3 Å². The average molecular weight is 235 g/mol. The van der Waals surface area contributed by atoms with Gasteiger partial charge in [-0.15, -0.1) is 0 Å². The van der Waals surface area contributed by atoms with Crippen molar-refractivity contribution in [2.75, 3.05) is 19.0 Å². The molecule has 1 N–H and O–H groups in total. The van der Waals surface area contributed by atoms with Gasteiger partial charge >= 0.3 is 5.97 Å². The summed E-state index contributed by atoms with van der Waals surface area (Å²) >= 11 is 0. The Bertz CT molecular complexity index is 386. The molecule has 0 aliphatic carbocycles. The first-order valence-electron chi connectivity index (χ1n) is 5.96. The molecule has 0 aliphatic heterocycles. The smallest absolute Gasteiger partial charge is 0.307 e. The fourth-order valence-electron chi connectivity index (χ4n) is 1.80. The van der Waals surface area contributed by atoms with E-state index in [1.165, 1.54) is 18.2 Å². The van der Waals surface area contributed by atoms with Crippen molar-refractivity contribution >= 4 is 11.7 Å². The van der Waals surface area contributed by atoms with E-state index in [0.29, 0.717) is 18.9 Å². The van der Waals surface area contributed by atoms with E-state index in [-0.39, 0.29) is 5.97 Å². The van der Waals surface area contributed by atoms with Gasteiger partial charge in [0.15, 0.2) is 0 Å². The Morgan fingerprint density at radius 3 is 2.71 bits per heavy atom. The van der Waals surface area contributed by atoms with Gasteiger partial charge in [-0.05, 0) is 24.0 Å². The second kappa shape index (κ2) is 6.28. The van der Waals surface area contributed by atoms with E-state index in [2.05, 4.69) is 49.0 Å². The molecule has 0 saturated heterocycles. The third-order valence-corrected chi connectivity index (χ3v) is 2.79. The molecule has 0 unspecified atom stereocenters. The standard InChI is InChI=1S/C14H21NO2/c1-10(2)12-7-5-6-11(3)14(12)15-9-8-13(16)17-4/h5-7,10,15H,8-9H2,1-4H3. The molecule has 17 heavy (non-hydrogen) atoms. The molecule has 0 heterocycles. The minimum Gasteiger partial charge on any atom is -0.469 e. The van der Waals surface area contributed by atoms with Crippen LogP contribution in [-0.4, -0.2) is 19.6 Å². The third-order valence-electron chi connectivity index (χ3n) is 2.79. The summed E-state index contributed by atoms with van der Waals surface area (Å²) in [5, 5.41) is 3.33. The van der Waals surface area contributed by atoms with E-state index in [1.54, 1.807) is 0 Å². The Kier molecular flexibility index (Phi) is 5.01. The number of methoxy groups -OCH3 is 1. The van der Waals surface area contributed by atoms with Crippen LogP contribution in [0.25, 0.3) is 0 Å². The lowest BCUT2D eigenvalue weighted by Crippen LogP contribution is -2.12. The zero-order valence-corrected chi connectivity index (χ0v) is 11.0. The topological polar surface area (TPSA) is 38.3 Å². The zero-order valence-electron chi connectivity index (χ0n) is 11.0. The lowest BCUT2D eigenvalue weighted by atomic mass is 9.98. The molecule has 0 amide bonds. The molecule has 0 aliphatic rings. The summed E-state index contributed by atoms with van der Waals surface area (Å²) in [5.41, 5.74) is 3.64. The fraction of sp³-hybridized carbons (Fsp3) is 0.500. The molecule has 0 bridgehead atoms. The van der Waals surface area contributed by atoms with Gasteiger partial charge in [0.1, 0.15) is 0 Å². The molecule has 1 aromatic carbocycles. The first-order chi connectivity index (χ1) is 8.06. The highest BCUT2D eigenvalue weighted by Gasteiger charge is 2.09. The quantitative estimate of drug-likeness (QED) is 0.797. The summed E-state index contributed by atoms with van der Waals surface area (Å²) in [7, 11) is 1.41. The second-order valence-electron chi connectivity index (χ2n) is 4.45. The highest BCUT2D eigenvalue weighted by molar-refractivity contribution is 5.70. The lowest BCUT2D eigenvalue weighted by Gasteiger charge is -2.16. The van der Waals surface area contributed by atoms with Gasteiger partial charge in [-0.3, -0.25) is 4.79 Å². The van der Waals surface area contributed by atoms with Crippen molar-refractivity contribution in [3.8, 4) is 0 Å². The predicted molar refractivity (Wildman–Crippen MR) is 70.4 cm³/mol. The molecule has 0 radical (unpaired) electrons. The number of anilines is 1. The number of ether oxygens (including phenoxy) is 1. The number of rotatable bonds is 5. The summed E-state index contributed by atoms with van der Waals surface area (Å²) in [4.78, 5) is 11.0. The van der Waals surface area contributed by atoms with Gasteiger partial charge in [0.2, 0.25) is 0 Å². The third kappa shape index (κ3) is 3.77. The van der Waals surface area contributed by atoms with E-state index in [0.717, 1.165) is 5.69 Å². The predicted octanol–water partition coefficient (Wildman–Crippen LogP) is 3.09. The maximum Gasteiger partial charge on any atom is 0.307 e. The largest absolute Gasteiger partial charge is 0.469 e. The number of para-hydroxylation sites is 1. The molecule has 1 aromatic rings. The van der Waals surface area contributed by atoms with Crippen molar-refractivity contribution in [3.05, 3.63) is 29.3 Å². The van der Waals surface area contributed by atoms with Gasteiger partial charge in [-0.1, -0.05) is 32.0 Å². The van der Waals surface area contributed by atoms with Gasteiger partial charge in [-0.2, -0.15) is 0 Å². The summed E-state index contributed by atoms with van der Waals surface area (Å²) in [6.07, 6.45) is 0.391. The molecular weight excluding hydrogens is 214 g/mol. The van der Waals surface area contributed by atoms with Crippen LogP contribution in [0.5, 0.6) is 0 Å². The highest BCUT2D eigenvalue weighted by Crippen LogP contribution is 2.27. The Balaban J connectivity index is 2.72. The molecule has 0 aromatic heterocycles. The Labute approximate surface area is 103 Å². The summed E-state index contributed by atoms with van der Waals surface area (Å²) in [6, 6.07) is 6.26. The van der Waals surface area contributed by atoms with Crippen molar-refractivity contribution in [3.63, 3.8) is 0 Å². The summed E-state index contributed by atoms with van der Waals surface area (Å²) in [6.45, 7) is 7.02. The number of carbonyl (C=O) groups is 1. The monoisotopic (exact) mass is 235 g/mol. The van der Waals surface area contributed by atoms with Gasteiger partial charge in [0.25, 0.3) is 0 Å². The van der Waals surface area contributed by atoms with E-state index in [1.807, 2.05) is 0 Å². The number of nitrogens with one attached hydrogen (secondary N) is 1. The molecule has 0 fully saturated rings. The van der Waals surface area contributed by atoms with Crippen molar-refractivity contribution in [2.24, 2.45) is 0 Å². The van der Waals surface area contributed by atoms with E-state index < -0.39 is 0 Å². The van der Waals surface area contributed by atoms with Gasteiger partial charge in [0, 0.05) is 12.2 Å². The van der Waals surface area contributed by atoms with Crippen LogP contribution in [0.4, 0.5) is 5.69 Å². The molecule has 3 nitrogen and oxygen atoms in total. The lowest BCUT2D eigenvalue weighted by molar-refractivity contribution is -0.140. The summed E-state index contributed by atoms with van der Waals surface area (Å²) < 4.78 is 4.62. The first-order valence-corrected chi connectivity index (χ1v) is 5.96. The molecule has 1 rings (SSSR count). The van der Waals surface area contributed by atoms with Crippen molar-refractivity contribution in [2.45, 2.75) is 33.1 Å². The summed E-state index contributed by atoms with van der Waals surface area (Å²) in [5.74, 6) is 0.285. The van der Waals surface area contributed by atoms with Crippen LogP contribution in [0.2, 0.25) is 0 Å². The molecular formula is C14H21NO2. The van der Waals surface area contributed by atoms with Crippen molar-refractivity contribution in [1.82, 2.24) is 0 Å². The Morgan fingerprint density at radius 1 is 1.41 bits per heavy atom. The minimum atomic E-state index is -0.183. The molecule has 0 saturated carbocycles. The number of hydrogen-bond donors (Lipinski definition) is 1. The van der Waals surface area contributed by atoms with Crippen LogP contribution < -0.4 is 5.32 Å². The van der Waals surface area contributed by atoms with Crippen molar-refractivity contribution in [1.29, 1.82) is 0 Å². The Morgan fingerprint density at radius 2 is 2.12 bits per heavy atom. The van der Waals surface area contributed by atoms with E-state index in [4.69, 9.17) is 0 Å². The van der Waals surface area contributed by atoms with Crippen molar-refractivity contribution < 1.29 is 9.53 Å². The van der Waals surface area contributed by atoms with Gasteiger partial charge in [-0.25, -0.2) is 0 Å². The molecule has 0 spiro atoms. The van der Waals surface area contributed by atoms with Crippen LogP contribution in [-0.2, 0) is 9.53 Å². The number of carbonyl (C=O) groups excluding carboxylic acids is 1. The van der Waals surface area contributed by atoms with Crippen LogP contribution in [0.3, 0.4) is 0 Å². The number of aryl methyl sites for hydroxylation is 1. The van der Waals surface area contributed by atoms with Gasteiger partial charge in [0.05, 0.1) is 13.5 Å². The minimum absolute atomic E-state index is 0.183. The van der Waals surface area contributed by atoms with Crippen LogP contribution >= 0.6 is 0 Å². The maximum absolute atomic E-state index is 11.0. The number of benzene rings is 1.